The van der Waals surface area contributed by atoms with Crippen molar-refractivity contribution in [3.63, 3.8) is 0 Å². The van der Waals surface area contributed by atoms with Gasteiger partial charge in [-0.15, -0.1) is 0 Å². The van der Waals surface area contributed by atoms with Gasteiger partial charge in [0.2, 0.25) is 0 Å². The van der Waals surface area contributed by atoms with Crippen molar-refractivity contribution in [2.75, 3.05) is 7.11 Å². The maximum absolute atomic E-state index is 13.9. The van der Waals surface area contributed by atoms with Crippen LogP contribution in [-0.4, -0.2) is 19.4 Å². The average molecular weight is 216 g/mol. The van der Waals surface area contributed by atoms with Gasteiger partial charge in [-0.1, -0.05) is 33.6 Å². The van der Waals surface area contributed by atoms with E-state index in [-0.39, 0.29) is 12.0 Å². The maximum Gasteiger partial charge on any atom is 0.104 e. The molecule has 0 saturated heterocycles. The molecule has 0 aliphatic heterocycles. The highest BCUT2D eigenvalue weighted by Crippen LogP contribution is 2.53. The van der Waals surface area contributed by atoms with E-state index in [9.17, 15) is 4.39 Å². The maximum atomic E-state index is 13.9. The summed E-state index contributed by atoms with van der Waals surface area (Å²) in [5.74, 6) is 1.25. The molecule has 0 radical (unpaired) electrons. The predicted octanol–water partition coefficient (Wildman–Crippen LogP) is 3.82. The second kappa shape index (κ2) is 5.83. The zero-order chi connectivity index (χ0) is 11.4. The Balaban J connectivity index is 2.38. The number of methoxy groups -OCH3 is 1. The van der Waals surface area contributed by atoms with Crippen molar-refractivity contribution in [2.45, 2.75) is 58.7 Å². The van der Waals surface area contributed by atoms with Crippen LogP contribution in [0.25, 0.3) is 0 Å². The van der Waals surface area contributed by atoms with Gasteiger partial charge in [0, 0.05) is 7.11 Å². The first-order valence-electron chi connectivity index (χ1n) is 6.34. The third-order valence-corrected chi connectivity index (χ3v) is 3.90. The van der Waals surface area contributed by atoms with Gasteiger partial charge >= 0.3 is 0 Å². The minimum absolute atomic E-state index is 0.265. The molecule has 1 aliphatic carbocycles. The van der Waals surface area contributed by atoms with E-state index in [2.05, 4.69) is 20.8 Å². The monoisotopic (exact) mass is 216 g/mol. The molecule has 4 unspecified atom stereocenters. The topological polar surface area (TPSA) is 9.23 Å². The van der Waals surface area contributed by atoms with Crippen molar-refractivity contribution >= 4 is 0 Å². The van der Waals surface area contributed by atoms with Gasteiger partial charge in [0.05, 0.1) is 6.10 Å². The third-order valence-electron chi connectivity index (χ3n) is 3.90. The van der Waals surface area contributed by atoms with E-state index in [4.69, 9.17) is 4.74 Å². The molecule has 0 aromatic rings. The number of halogens is 1. The number of ether oxygens (including phenoxy) is 1. The van der Waals surface area contributed by atoms with Gasteiger partial charge in [-0.25, -0.2) is 4.39 Å². The van der Waals surface area contributed by atoms with Gasteiger partial charge in [-0.3, -0.25) is 0 Å². The Morgan fingerprint density at radius 2 is 1.93 bits per heavy atom. The molecular formula is C13H25FO. The molecule has 0 aromatic carbocycles. The molecule has 0 spiro atoms. The molecule has 0 aromatic heterocycles. The van der Waals surface area contributed by atoms with Gasteiger partial charge in [-0.2, -0.15) is 0 Å². The molecule has 1 nitrogen and oxygen atoms in total. The average Bonchev–Trinajstić information content (AvgIpc) is 2.89. The lowest BCUT2D eigenvalue weighted by Crippen LogP contribution is -2.16. The summed E-state index contributed by atoms with van der Waals surface area (Å²) >= 11 is 0. The Morgan fingerprint density at radius 1 is 1.27 bits per heavy atom. The zero-order valence-electron chi connectivity index (χ0n) is 10.5. The van der Waals surface area contributed by atoms with Crippen LogP contribution >= 0.6 is 0 Å². The van der Waals surface area contributed by atoms with E-state index in [0.717, 1.165) is 25.7 Å². The molecule has 0 bridgehead atoms. The first-order valence-corrected chi connectivity index (χ1v) is 6.34. The highest BCUT2D eigenvalue weighted by Gasteiger charge is 2.54. The predicted molar refractivity (Wildman–Crippen MR) is 61.7 cm³/mol. The molecule has 15 heavy (non-hydrogen) atoms. The second-order valence-electron chi connectivity index (χ2n) is 4.85. The first-order chi connectivity index (χ1) is 7.17. The summed E-state index contributed by atoms with van der Waals surface area (Å²) in [6, 6.07) is 0. The van der Waals surface area contributed by atoms with Gasteiger partial charge in [0.25, 0.3) is 0 Å². The second-order valence-corrected chi connectivity index (χ2v) is 4.85. The summed E-state index contributed by atoms with van der Waals surface area (Å²) < 4.78 is 19.3. The highest BCUT2D eigenvalue weighted by molar-refractivity contribution is 5.01. The molecule has 1 aliphatic rings. The lowest BCUT2D eigenvalue weighted by Gasteiger charge is -2.14. The summed E-state index contributed by atoms with van der Waals surface area (Å²) in [5.41, 5.74) is 0. The van der Waals surface area contributed by atoms with Crippen LogP contribution in [0.4, 0.5) is 4.39 Å². The van der Waals surface area contributed by atoms with E-state index in [1.54, 1.807) is 7.11 Å². The normalized spacial score (nSPS) is 33.8. The largest absolute Gasteiger partial charge is 0.381 e. The Morgan fingerprint density at radius 3 is 2.40 bits per heavy atom. The molecule has 0 heterocycles. The number of alkyl halides is 1. The Kier molecular flexibility index (Phi) is 5.04. The van der Waals surface area contributed by atoms with E-state index in [0.29, 0.717) is 11.8 Å². The Bertz CT molecular complexity index is 179. The number of hydrogen-bond acceptors (Lipinski definition) is 1. The molecule has 5 atom stereocenters. The first kappa shape index (κ1) is 13.0. The number of hydrogen-bond donors (Lipinski definition) is 0. The van der Waals surface area contributed by atoms with Crippen LogP contribution in [0.3, 0.4) is 0 Å². The summed E-state index contributed by atoms with van der Waals surface area (Å²) in [6.45, 7) is 6.40. The molecule has 1 saturated carbocycles. The van der Waals surface area contributed by atoms with Crippen molar-refractivity contribution in [2.24, 2.45) is 17.8 Å². The summed E-state index contributed by atoms with van der Waals surface area (Å²) in [5, 5.41) is 0. The van der Waals surface area contributed by atoms with E-state index >= 15 is 0 Å². The van der Waals surface area contributed by atoms with Gasteiger partial charge in [-0.05, 0) is 30.6 Å². The van der Waals surface area contributed by atoms with Gasteiger partial charge in [0.1, 0.15) is 6.17 Å². The van der Waals surface area contributed by atoms with E-state index < -0.39 is 6.17 Å². The molecule has 1 rings (SSSR count). The fourth-order valence-electron chi connectivity index (χ4n) is 2.87. The SMILES string of the molecule is CCCCC(F)[C@@H]1C(C)C1C(CC)OC. The molecular weight excluding hydrogens is 191 g/mol. The fourth-order valence-corrected chi connectivity index (χ4v) is 2.87. The van der Waals surface area contributed by atoms with Crippen LogP contribution in [0.5, 0.6) is 0 Å². The van der Waals surface area contributed by atoms with Crippen LogP contribution in [0.1, 0.15) is 46.5 Å². The Hall–Kier alpha value is -0.110. The number of unbranched alkanes of at least 4 members (excludes halogenated alkanes) is 1. The van der Waals surface area contributed by atoms with Crippen LogP contribution in [0.15, 0.2) is 0 Å². The molecule has 1 fully saturated rings. The quantitative estimate of drug-likeness (QED) is 0.628. The zero-order valence-corrected chi connectivity index (χ0v) is 10.5. The fraction of sp³-hybridized carbons (Fsp3) is 1.00. The highest BCUT2D eigenvalue weighted by atomic mass is 19.1. The van der Waals surface area contributed by atoms with Crippen LogP contribution < -0.4 is 0 Å². The lowest BCUT2D eigenvalue weighted by atomic mass is 10.1. The molecule has 90 valence electrons. The molecule has 2 heteroatoms. The van der Waals surface area contributed by atoms with Crippen LogP contribution in [0.2, 0.25) is 0 Å². The minimum atomic E-state index is -0.603. The van der Waals surface area contributed by atoms with Crippen molar-refractivity contribution in [3.05, 3.63) is 0 Å². The summed E-state index contributed by atoms with van der Waals surface area (Å²) in [7, 11) is 1.75. The summed E-state index contributed by atoms with van der Waals surface area (Å²) in [4.78, 5) is 0. The van der Waals surface area contributed by atoms with Gasteiger partial charge in [0.15, 0.2) is 0 Å². The van der Waals surface area contributed by atoms with E-state index in [1.165, 1.54) is 0 Å². The lowest BCUT2D eigenvalue weighted by molar-refractivity contribution is 0.0685. The van der Waals surface area contributed by atoms with Crippen LogP contribution in [-0.2, 0) is 4.74 Å². The van der Waals surface area contributed by atoms with Crippen molar-refractivity contribution in [3.8, 4) is 0 Å². The van der Waals surface area contributed by atoms with Crippen molar-refractivity contribution in [1.29, 1.82) is 0 Å². The van der Waals surface area contributed by atoms with Crippen LogP contribution in [0, 0.1) is 17.8 Å². The number of rotatable bonds is 7. The minimum Gasteiger partial charge on any atom is -0.381 e. The van der Waals surface area contributed by atoms with Gasteiger partial charge < -0.3 is 4.74 Å². The standard InChI is InChI=1S/C13H25FO/c1-5-7-8-10(14)12-9(3)13(12)11(6-2)15-4/h9-13H,5-8H2,1-4H3/t9?,10?,11?,12-,13?/m0/s1. The third kappa shape index (κ3) is 2.93. The smallest absolute Gasteiger partial charge is 0.104 e. The summed E-state index contributed by atoms with van der Waals surface area (Å²) in [6.07, 6.45) is 3.51. The van der Waals surface area contributed by atoms with E-state index in [1.807, 2.05) is 0 Å². The molecule has 0 N–H and O–H groups in total. The van der Waals surface area contributed by atoms with Crippen molar-refractivity contribution < 1.29 is 9.13 Å². The Labute approximate surface area is 93.4 Å². The molecule has 0 amide bonds. The van der Waals surface area contributed by atoms with Crippen molar-refractivity contribution in [1.82, 2.24) is 0 Å².